The van der Waals surface area contributed by atoms with Gasteiger partial charge in [0.2, 0.25) is 0 Å². The summed E-state index contributed by atoms with van der Waals surface area (Å²) in [7, 11) is 1.45. The van der Waals surface area contributed by atoms with E-state index in [0.717, 1.165) is 0 Å². The molecule has 0 unspecified atom stereocenters. The Labute approximate surface area is 155 Å². The van der Waals surface area contributed by atoms with Crippen LogP contribution in [0.15, 0.2) is 42.5 Å². The van der Waals surface area contributed by atoms with Crippen molar-refractivity contribution in [3.63, 3.8) is 0 Å². The minimum Gasteiger partial charge on any atom is -0.493 e. The average Bonchev–Trinajstić information content (AvgIpc) is 2.60. The van der Waals surface area contributed by atoms with Gasteiger partial charge in [-0.05, 0) is 44.2 Å². The highest BCUT2D eigenvalue weighted by molar-refractivity contribution is 6.05. The maximum Gasteiger partial charge on any atom is 0.422 e. The molecule has 0 heterocycles. The van der Waals surface area contributed by atoms with E-state index in [9.17, 15) is 18.0 Å². The fourth-order valence-corrected chi connectivity index (χ4v) is 2.21. The number of alkyl halides is 3. The van der Waals surface area contributed by atoms with Crippen LogP contribution >= 0.6 is 0 Å². The van der Waals surface area contributed by atoms with Crippen molar-refractivity contribution in [2.45, 2.75) is 26.1 Å². The number of halogens is 3. The number of carbonyl (C=O) groups is 1. The van der Waals surface area contributed by atoms with Crippen LogP contribution in [0, 0.1) is 0 Å². The lowest BCUT2D eigenvalue weighted by atomic mass is 10.1. The first kappa shape index (κ1) is 20.4. The quantitative estimate of drug-likeness (QED) is 0.755. The summed E-state index contributed by atoms with van der Waals surface area (Å²) < 4.78 is 52.7. The van der Waals surface area contributed by atoms with Gasteiger partial charge in [-0.3, -0.25) is 4.79 Å². The zero-order valence-electron chi connectivity index (χ0n) is 15.1. The molecule has 0 aliphatic heterocycles. The third-order valence-corrected chi connectivity index (χ3v) is 3.32. The van der Waals surface area contributed by atoms with E-state index in [2.05, 4.69) is 5.32 Å². The number of para-hydroxylation sites is 2. The number of amides is 1. The van der Waals surface area contributed by atoms with Gasteiger partial charge in [-0.2, -0.15) is 13.2 Å². The molecule has 27 heavy (non-hydrogen) atoms. The van der Waals surface area contributed by atoms with E-state index in [1.807, 2.05) is 13.8 Å². The number of methoxy groups -OCH3 is 1. The second-order valence-electron chi connectivity index (χ2n) is 5.89. The molecule has 1 N–H and O–H groups in total. The zero-order chi connectivity index (χ0) is 20.0. The molecule has 5 nitrogen and oxygen atoms in total. The van der Waals surface area contributed by atoms with Crippen LogP contribution in [0.4, 0.5) is 18.9 Å². The van der Waals surface area contributed by atoms with Crippen molar-refractivity contribution < 1.29 is 32.2 Å². The van der Waals surface area contributed by atoms with Crippen LogP contribution in [0.2, 0.25) is 0 Å². The molecule has 0 aromatic heterocycles. The van der Waals surface area contributed by atoms with Crippen LogP contribution in [0.3, 0.4) is 0 Å². The number of anilines is 1. The standard InChI is InChI=1S/C19H20F3NO4/c1-12(2)27-16-9-8-13(10-17(16)25-3)18(24)23-14-6-4-5-7-15(14)26-11-19(20,21)22/h4-10,12H,11H2,1-3H3,(H,23,24). The lowest BCUT2D eigenvalue weighted by Crippen LogP contribution is -2.20. The summed E-state index contributed by atoms with van der Waals surface area (Å²) in [4.78, 5) is 12.5. The molecule has 146 valence electrons. The normalized spacial score (nSPS) is 11.2. The molecule has 0 saturated carbocycles. The van der Waals surface area contributed by atoms with E-state index in [1.165, 1.54) is 37.4 Å². The maximum absolute atomic E-state index is 12.5. The summed E-state index contributed by atoms with van der Waals surface area (Å²) in [5, 5.41) is 2.55. The molecule has 1 amide bonds. The molecule has 0 saturated heterocycles. The molecular weight excluding hydrogens is 363 g/mol. The summed E-state index contributed by atoms with van der Waals surface area (Å²) in [6, 6.07) is 10.5. The van der Waals surface area contributed by atoms with Crippen molar-refractivity contribution in [2.24, 2.45) is 0 Å². The Morgan fingerprint density at radius 3 is 2.41 bits per heavy atom. The number of rotatable bonds is 7. The summed E-state index contributed by atoms with van der Waals surface area (Å²) in [5.41, 5.74) is 0.391. The van der Waals surface area contributed by atoms with Crippen molar-refractivity contribution in [1.82, 2.24) is 0 Å². The van der Waals surface area contributed by atoms with Crippen molar-refractivity contribution in [3.05, 3.63) is 48.0 Å². The van der Waals surface area contributed by atoms with Gasteiger partial charge in [-0.25, -0.2) is 0 Å². The Morgan fingerprint density at radius 1 is 1.07 bits per heavy atom. The Kier molecular flexibility index (Phi) is 6.55. The molecule has 2 aromatic rings. The third-order valence-electron chi connectivity index (χ3n) is 3.32. The van der Waals surface area contributed by atoms with Crippen LogP contribution in [0.25, 0.3) is 0 Å². The highest BCUT2D eigenvalue weighted by Crippen LogP contribution is 2.30. The highest BCUT2D eigenvalue weighted by atomic mass is 19.4. The third kappa shape index (κ3) is 6.09. The Balaban J connectivity index is 2.18. The summed E-state index contributed by atoms with van der Waals surface area (Å²) in [6.45, 7) is 2.27. The molecule has 0 atom stereocenters. The first-order chi connectivity index (χ1) is 12.7. The monoisotopic (exact) mass is 383 g/mol. The largest absolute Gasteiger partial charge is 0.493 e. The fourth-order valence-electron chi connectivity index (χ4n) is 2.21. The molecule has 0 aliphatic rings. The van der Waals surface area contributed by atoms with Crippen LogP contribution in [-0.2, 0) is 0 Å². The molecule has 2 rings (SSSR count). The van der Waals surface area contributed by atoms with Crippen LogP contribution in [-0.4, -0.2) is 31.9 Å². The Morgan fingerprint density at radius 2 is 1.78 bits per heavy atom. The minimum absolute atomic E-state index is 0.0729. The second-order valence-corrected chi connectivity index (χ2v) is 5.89. The maximum atomic E-state index is 12.5. The van der Waals surface area contributed by atoms with Gasteiger partial charge < -0.3 is 19.5 Å². The van der Waals surface area contributed by atoms with Gasteiger partial charge >= 0.3 is 6.18 Å². The molecule has 0 bridgehead atoms. The van der Waals surface area contributed by atoms with E-state index >= 15 is 0 Å². The van der Waals surface area contributed by atoms with Crippen LogP contribution in [0.1, 0.15) is 24.2 Å². The average molecular weight is 383 g/mol. The molecule has 8 heteroatoms. The topological polar surface area (TPSA) is 56.8 Å². The molecular formula is C19H20F3NO4. The van der Waals surface area contributed by atoms with Gasteiger partial charge in [0, 0.05) is 5.56 Å². The van der Waals surface area contributed by atoms with Gasteiger partial charge in [0.1, 0.15) is 5.75 Å². The van der Waals surface area contributed by atoms with Crippen molar-refractivity contribution in [3.8, 4) is 17.2 Å². The number of benzene rings is 2. The van der Waals surface area contributed by atoms with E-state index in [1.54, 1.807) is 12.1 Å². The minimum atomic E-state index is -4.48. The van der Waals surface area contributed by atoms with E-state index in [-0.39, 0.29) is 23.1 Å². The molecule has 0 aliphatic carbocycles. The number of hydrogen-bond donors (Lipinski definition) is 1. The van der Waals surface area contributed by atoms with Crippen LogP contribution < -0.4 is 19.5 Å². The van der Waals surface area contributed by atoms with Crippen molar-refractivity contribution in [1.29, 1.82) is 0 Å². The Hall–Kier alpha value is -2.90. The zero-order valence-corrected chi connectivity index (χ0v) is 15.1. The SMILES string of the molecule is COc1cc(C(=O)Nc2ccccc2OCC(F)(F)F)ccc1OC(C)C. The first-order valence-corrected chi connectivity index (χ1v) is 8.14. The van der Waals surface area contributed by atoms with Crippen molar-refractivity contribution >= 4 is 11.6 Å². The number of hydrogen-bond acceptors (Lipinski definition) is 4. The van der Waals surface area contributed by atoms with Crippen LogP contribution in [0.5, 0.6) is 17.2 Å². The molecule has 0 fully saturated rings. The van der Waals surface area contributed by atoms with Gasteiger partial charge in [0.25, 0.3) is 5.91 Å². The first-order valence-electron chi connectivity index (χ1n) is 8.14. The molecule has 0 radical (unpaired) electrons. The van der Waals surface area contributed by atoms with E-state index in [4.69, 9.17) is 14.2 Å². The van der Waals surface area contributed by atoms with Gasteiger partial charge in [-0.1, -0.05) is 12.1 Å². The van der Waals surface area contributed by atoms with Gasteiger partial charge in [0.15, 0.2) is 18.1 Å². The fraction of sp³-hybridized carbons (Fsp3) is 0.316. The summed E-state index contributed by atoms with van der Waals surface area (Å²) in [5.74, 6) is 0.262. The Bertz CT molecular complexity index is 791. The molecule has 0 spiro atoms. The van der Waals surface area contributed by atoms with Gasteiger partial charge in [-0.15, -0.1) is 0 Å². The number of ether oxygens (including phenoxy) is 3. The van der Waals surface area contributed by atoms with E-state index in [0.29, 0.717) is 11.5 Å². The van der Waals surface area contributed by atoms with Gasteiger partial charge in [0.05, 0.1) is 18.9 Å². The summed E-state index contributed by atoms with van der Waals surface area (Å²) >= 11 is 0. The summed E-state index contributed by atoms with van der Waals surface area (Å²) in [6.07, 6.45) is -4.55. The van der Waals surface area contributed by atoms with Crippen molar-refractivity contribution in [2.75, 3.05) is 19.0 Å². The molecule has 2 aromatic carbocycles. The lowest BCUT2D eigenvalue weighted by molar-refractivity contribution is -0.153. The number of carbonyl (C=O) groups excluding carboxylic acids is 1. The lowest BCUT2D eigenvalue weighted by Gasteiger charge is -2.15. The predicted molar refractivity (Wildman–Crippen MR) is 94.7 cm³/mol. The highest BCUT2D eigenvalue weighted by Gasteiger charge is 2.29. The smallest absolute Gasteiger partial charge is 0.422 e. The predicted octanol–water partition coefficient (Wildman–Crippen LogP) is 4.68. The second kappa shape index (κ2) is 8.66. The van der Waals surface area contributed by atoms with E-state index < -0.39 is 18.7 Å². The number of nitrogens with one attached hydrogen (secondary N) is 1.